The molecular weight excluding hydrogens is 476 g/mol. The predicted molar refractivity (Wildman–Crippen MR) is 131 cm³/mol. The Morgan fingerprint density at radius 2 is 1.76 bits per heavy atom. The van der Waals surface area contributed by atoms with Crippen LogP contribution >= 0.6 is 0 Å². The second-order valence-corrected chi connectivity index (χ2v) is 13.7. The van der Waals surface area contributed by atoms with Crippen molar-refractivity contribution in [1.82, 2.24) is 0 Å². The van der Waals surface area contributed by atoms with Gasteiger partial charge in [0.2, 0.25) is 6.29 Å². The van der Waals surface area contributed by atoms with Crippen molar-refractivity contribution in [3.8, 4) is 0 Å². The van der Waals surface area contributed by atoms with E-state index in [4.69, 9.17) is 23.7 Å². The first-order chi connectivity index (χ1) is 17.4. The molecule has 6 aliphatic rings. The lowest BCUT2D eigenvalue weighted by Crippen LogP contribution is -2.61. The van der Waals surface area contributed by atoms with Crippen molar-refractivity contribution in [3.63, 3.8) is 0 Å². The van der Waals surface area contributed by atoms with Gasteiger partial charge in [0.15, 0.2) is 11.9 Å². The van der Waals surface area contributed by atoms with Crippen LogP contribution in [0.25, 0.3) is 0 Å². The molecule has 8 heteroatoms. The molecule has 11 atom stereocenters. The Labute approximate surface area is 219 Å². The number of hydrogen-bond acceptors (Lipinski definition) is 8. The van der Waals surface area contributed by atoms with Crippen LogP contribution in [-0.2, 0) is 38.1 Å². The molecule has 0 N–H and O–H groups in total. The Kier molecular flexibility index (Phi) is 5.82. The molecule has 0 radical (unpaired) electrons. The molecule has 0 aromatic heterocycles. The standard InChI is InChI=1S/C29H42O8/c1-16(30)33-15-26(3)10-6-11-28(5)20(26)9-12-27(4)19-13-22(34-17(2)31)29-14-23(32)35-25(29)36-24(37-29)18(19)7-8-21(27)28/h18-22,24-25H,6-15H2,1-5H3/t18-,19+,20?,21-,22+,24+,25-,26+,27-,28-,29+/m0/s1. The van der Waals surface area contributed by atoms with Crippen LogP contribution in [0.15, 0.2) is 0 Å². The fourth-order valence-electron chi connectivity index (χ4n) is 10.3. The van der Waals surface area contributed by atoms with Crippen LogP contribution in [-0.4, -0.2) is 48.8 Å². The molecule has 3 heterocycles. The summed E-state index contributed by atoms with van der Waals surface area (Å²) >= 11 is 0. The number of ether oxygens (including phenoxy) is 5. The van der Waals surface area contributed by atoms with E-state index in [1.165, 1.54) is 20.3 Å². The van der Waals surface area contributed by atoms with Crippen LogP contribution in [0.2, 0.25) is 0 Å². The minimum Gasteiger partial charge on any atom is -0.465 e. The highest BCUT2D eigenvalue weighted by atomic mass is 16.8. The van der Waals surface area contributed by atoms with Gasteiger partial charge in [0.1, 0.15) is 6.10 Å². The molecule has 0 amide bonds. The summed E-state index contributed by atoms with van der Waals surface area (Å²) < 4.78 is 29.9. The molecule has 0 aromatic carbocycles. The maximum atomic E-state index is 12.3. The van der Waals surface area contributed by atoms with Gasteiger partial charge in [-0.05, 0) is 73.5 Å². The van der Waals surface area contributed by atoms with E-state index in [1.807, 2.05) is 0 Å². The molecule has 3 aliphatic heterocycles. The molecule has 3 aliphatic carbocycles. The van der Waals surface area contributed by atoms with Crippen molar-refractivity contribution in [2.24, 2.45) is 39.9 Å². The number of hydrogen-bond donors (Lipinski definition) is 0. The monoisotopic (exact) mass is 518 g/mol. The van der Waals surface area contributed by atoms with Crippen molar-refractivity contribution in [1.29, 1.82) is 0 Å². The van der Waals surface area contributed by atoms with E-state index < -0.39 is 24.3 Å². The molecule has 37 heavy (non-hydrogen) atoms. The minimum absolute atomic E-state index is 0.0143. The van der Waals surface area contributed by atoms with Crippen molar-refractivity contribution in [2.75, 3.05) is 6.61 Å². The van der Waals surface area contributed by atoms with E-state index in [9.17, 15) is 14.4 Å². The van der Waals surface area contributed by atoms with Gasteiger partial charge in [0.05, 0.1) is 13.0 Å². The first kappa shape index (κ1) is 25.6. The Bertz CT molecular complexity index is 996. The summed E-state index contributed by atoms with van der Waals surface area (Å²) in [5.41, 5.74) is -0.897. The van der Waals surface area contributed by atoms with Gasteiger partial charge in [-0.2, -0.15) is 0 Å². The van der Waals surface area contributed by atoms with Crippen molar-refractivity contribution >= 4 is 17.9 Å². The maximum absolute atomic E-state index is 12.3. The largest absolute Gasteiger partial charge is 0.465 e. The summed E-state index contributed by atoms with van der Waals surface area (Å²) in [6.07, 6.45) is 6.51. The van der Waals surface area contributed by atoms with Crippen LogP contribution in [0.1, 0.15) is 92.4 Å². The summed E-state index contributed by atoms with van der Waals surface area (Å²) in [5, 5.41) is 0. The molecule has 3 saturated carbocycles. The third-order valence-corrected chi connectivity index (χ3v) is 11.7. The molecule has 1 unspecified atom stereocenters. The molecular formula is C29H42O8. The zero-order valence-electron chi connectivity index (χ0n) is 22.9. The topological polar surface area (TPSA) is 97.4 Å². The average Bonchev–Trinajstić information content (AvgIpc) is 3.26. The zero-order chi connectivity index (χ0) is 26.4. The van der Waals surface area contributed by atoms with E-state index in [1.54, 1.807) is 0 Å². The first-order valence-electron chi connectivity index (χ1n) is 14.2. The van der Waals surface area contributed by atoms with Gasteiger partial charge in [-0.1, -0.05) is 27.2 Å². The van der Waals surface area contributed by atoms with Gasteiger partial charge in [-0.3, -0.25) is 14.4 Å². The fraction of sp³-hybridized carbons (Fsp3) is 0.897. The molecule has 206 valence electrons. The molecule has 6 rings (SSSR count). The highest BCUT2D eigenvalue weighted by molar-refractivity contribution is 5.74. The third-order valence-electron chi connectivity index (χ3n) is 11.7. The van der Waals surface area contributed by atoms with E-state index in [2.05, 4.69) is 20.8 Å². The highest BCUT2D eigenvalue weighted by Gasteiger charge is 2.71. The number of rotatable bonds is 3. The summed E-state index contributed by atoms with van der Waals surface area (Å²) in [6.45, 7) is 10.7. The van der Waals surface area contributed by atoms with Gasteiger partial charge in [-0.25, -0.2) is 0 Å². The average molecular weight is 519 g/mol. The van der Waals surface area contributed by atoms with Crippen LogP contribution in [0, 0.1) is 39.9 Å². The lowest BCUT2D eigenvalue weighted by Gasteiger charge is -2.67. The second-order valence-electron chi connectivity index (χ2n) is 13.7. The van der Waals surface area contributed by atoms with Crippen LogP contribution in [0.3, 0.4) is 0 Å². The normalized spacial score (nSPS) is 52.0. The van der Waals surface area contributed by atoms with Crippen molar-refractivity contribution < 1.29 is 38.1 Å². The van der Waals surface area contributed by atoms with Crippen molar-refractivity contribution in [2.45, 2.75) is 117 Å². The lowest BCUT2D eigenvalue weighted by atomic mass is 9.38. The zero-order valence-corrected chi connectivity index (χ0v) is 22.9. The Morgan fingerprint density at radius 1 is 0.973 bits per heavy atom. The number of esters is 3. The van der Waals surface area contributed by atoms with Crippen LogP contribution in [0.4, 0.5) is 0 Å². The van der Waals surface area contributed by atoms with Crippen molar-refractivity contribution in [3.05, 3.63) is 0 Å². The third kappa shape index (κ3) is 3.64. The summed E-state index contributed by atoms with van der Waals surface area (Å²) in [7, 11) is 0. The van der Waals surface area contributed by atoms with E-state index in [-0.39, 0.29) is 52.4 Å². The van der Waals surface area contributed by atoms with E-state index in [0.717, 1.165) is 38.5 Å². The van der Waals surface area contributed by atoms with Gasteiger partial charge >= 0.3 is 17.9 Å². The van der Waals surface area contributed by atoms with Gasteiger partial charge in [0, 0.05) is 25.2 Å². The number of carbonyl (C=O) groups excluding carboxylic acids is 3. The highest BCUT2D eigenvalue weighted by Crippen LogP contribution is 2.71. The fourth-order valence-corrected chi connectivity index (χ4v) is 10.3. The van der Waals surface area contributed by atoms with Gasteiger partial charge < -0.3 is 23.7 Å². The lowest BCUT2D eigenvalue weighted by molar-refractivity contribution is -0.226. The van der Waals surface area contributed by atoms with Gasteiger partial charge in [-0.15, -0.1) is 0 Å². The summed E-state index contributed by atoms with van der Waals surface area (Å²) in [5.74, 6) is 0.468. The summed E-state index contributed by atoms with van der Waals surface area (Å²) in [4.78, 5) is 36.2. The number of carbonyl (C=O) groups is 3. The Morgan fingerprint density at radius 3 is 2.49 bits per heavy atom. The quantitative estimate of drug-likeness (QED) is 0.397. The molecule has 2 bridgehead atoms. The smallest absolute Gasteiger partial charge is 0.311 e. The molecule has 8 nitrogen and oxygen atoms in total. The molecule has 3 saturated heterocycles. The van der Waals surface area contributed by atoms with Crippen LogP contribution < -0.4 is 0 Å². The Balaban J connectivity index is 1.34. The minimum atomic E-state index is -1.05. The van der Waals surface area contributed by atoms with Crippen LogP contribution in [0.5, 0.6) is 0 Å². The molecule has 6 fully saturated rings. The summed E-state index contributed by atoms with van der Waals surface area (Å²) in [6, 6.07) is 0. The SMILES string of the molecule is CC(=O)OC[C@@]1(C)CCC[C@@]2(C)C1CC[C@@]1(C)[C@@H]3C[C@@H](OC(C)=O)[C@]45CC(=O)O[C@H]4O[C@H](O5)[C@H]3CC[C@@H]12. The first-order valence-corrected chi connectivity index (χ1v) is 14.2. The van der Waals surface area contributed by atoms with E-state index in [0.29, 0.717) is 24.9 Å². The van der Waals surface area contributed by atoms with E-state index >= 15 is 0 Å². The number of fused-ring (bicyclic) bond motifs is 7. The molecule has 0 aromatic rings. The Hall–Kier alpha value is -1.67. The second kappa shape index (κ2) is 8.41. The predicted octanol–water partition coefficient (Wildman–Crippen LogP) is 4.52. The molecule has 1 spiro atoms. The van der Waals surface area contributed by atoms with Gasteiger partial charge in [0.25, 0.3) is 0 Å². The maximum Gasteiger partial charge on any atom is 0.311 e.